The Balaban J connectivity index is 1.46. The van der Waals surface area contributed by atoms with Gasteiger partial charge < -0.3 is 9.53 Å². The van der Waals surface area contributed by atoms with E-state index in [1.807, 2.05) is 0 Å². The van der Waals surface area contributed by atoms with Crippen LogP contribution < -0.4 is 0 Å². The number of aldehydes is 1. The van der Waals surface area contributed by atoms with Crippen LogP contribution in [0.1, 0.15) is 91.9 Å². The van der Waals surface area contributed by atoms with Crippen molar-refractivity contribution >= 4 is 6.29 Å². The van der Waals surface area contributed by atoms with Gasteiger partial charge in [-0.15, -0.1) is 0 Å². The Morgan fingerprint density at radius 1 is 1.39 bits per heavy atom. The van der Waals surface area contributed by atoms with E-state index in [4.69, 9.17) is 4.74 Å². The number of fused-ring (bicyclic) bond motifs is 2. The molecule has 3 rings (SSSR count). The van der Waals surface area contributed by atoms with Crippen molar-refractivity contribution < 1.29 is 9.53 Å². The number of ether oxygens (including phenoxy) is 1. The van der Waals surface area contributed by atoms with Crippen LogP contribution in [0.5, 0.6) is 0 Å². The van der Waals surface area contributed by atoms with Crippen molar-refractivity contribution in [1.29, 1.82) is 0 Å². The van der Waals surface area contributed by atoms with E-state index in [-0.39, 0.29) is 6.10 Å². The lowest BCUT2D eigenvalue weighted by Gasteiger charge is -2.39. The molecule has 5 atom stereocenters. The minimum atomic E-state index is 0.119. The highest BCUT2D eigenvalue weighted by atomic mass is 16.5. The molecule has 0 aromatic carbocycles. The van der Waals surface area contributed by atoms with Gasteiger partial charge >= 0.3 is 0 Å². The molecule has 0 saturated heterocycles. The standard InChI is InChI=1S/C26H42O2/c1-5-25(3,4)16-18-28-23(15-17-27)11-8-10-22-19-26(22)20(2)13-14-21-9-6-7-12-24(21)26/h9,13-14,17,20,22-24H,5-8,10-12,15-16,18-19H2,1-4H3. The lowest BCUT2D eigenvalue weighted by atomic mass is 9.66. The maximum atomic E-state index is 11.1. The molecule has 0 heterocycles. The summed E-state index contributed by atoms with van der Waals surface area (Å²) in [6.45, 7) is 10.1. The van der Waals surface area contributed by atoms with E-state index in [1.54, 1.807) is 5.57 Å². The van der Waals surface area contributed by atoms with Gasteiger partial charge in [0.15, 0.2) is 0 Å². The monoisotopic (exact) mass is 386 g/mol. The molecule has 5 unspecified atom stereocenters. The van der Waals surface area contributed by atoms with Crippen LogP contribution in [0.2, 0.25) is 0 Å². The maximum absolute atomic E-state index is 11.1. The van der Waals surface area contributed by atoms with Crippen LogP contribution in [-0.4, -0.2) is 19.0 Å². The molecule has 0 amide bonds. The van der Waals surface area contributed by atoms with Crippen molar-refractivity contribution in [2.45, 2.75) is 98.0 Å². The van der Waals surface area contributed by atoms with Gasteiger partial charge in [-0.05, 0) is 79.1 Å². The van der Waals surface area contributed by atoms with Gasteiger partial charge in [-0.3, -0.25) is 0 Å². The molecular weight excluding hydrogens is 344 g/mol. The number of carbonyl (C=O) groups excluding carboxylic acids is 1. The maximum Gasteiger partial charge on any atom is 0.122 e. The second kappa shape index (κ2) is 9.28. The second-order valence-corrected chi connectivity index (χ2v) is 10.4. The van der Waals surface area contributed by atoms with E-state index >= 15 is 0 Å². The predicted molar refractivity (Wildman–Crippen MR) is 117 cm³/mol. The first-order valence-corrected chi connectivity index (χ1v) is 11.9. The van der Waals surface area contributed by atoms with E-state index in [1.165, 1.54) is 44.9 Å². The molecule has 0 N–H and O–H groups in total. The molecule has 3 aliphatic carbocycles. The van der Waals surface area contributed by atoms with E-state index < -0.39 is 0 Å². The van der Waals surface area contributed by atoms with Crippen LogP contribution in [0, 0.1) is 28.6 Å². The van der Waals surface area contributed by atoms with Gasteiger partial charge in [0, 0.05) is 13.0 Å². The lowest BCUT2D eigenvalue weighted by molar-refractivity contribution is -0.110. The lowest BCUT2D eigenvalue weighted by Crippen LogP contribution is -2.30. The number of carbonyl (C=O) groups is 1. The van der Waals surface area contributed by atoms with E-state index in [0.717, 1.165) is 43.5 Å². The molecule has 2 nitrogen and oxygen atoms in total. The molecule has 0 aliphatic heterocycles. The van der Waals surface area contributed by atoms with Crippen LogP contribution in [-0.2, 0) is 9.53 Å². The molecule has 3 aliphatic rings. The fraction of sp³-hybridized carbons (Fsp3) is 0.808. The van der Waals surface area contributed by atoms with Gasteiger partial charge in [-0.2, -0.15) is 0 Å². The molecule has 28 heavy (non-hydrogen) atoms. The Labute approximate surface area is 173 Å². The van der Waals surface area contributed by atoms with Crippen LogP contribution >= 0.6 is 0 Å². The molecule has 0 bridgehead atoms. The fourth-order valence-corrected chi connectivity index (χ4v) is 5.79. The average Bonchev–Trinajstić information content (AvgIpc) is 3.40. The zero-order valence-electron chi connectivity index (χ0n) is 18.7. The third-order valence-corrected chi connectivity index (χ3v) is 8.28. The zero-order valence-corrected chi connectivity index (χ0v) is 18.7. The molecule has 1 spiro atoms. The van der Waals surface area contributed by atoms with Crippen molar-refractivity contribution in [3.8, 4) is 0 Å². The molecule has 1 fully saturated rings. The van der Waals surface area contributed by atoms with Crippen molar-refractivity contribution in [2.75, 3.05) is 6.61 Å². The average molecular weight is 387 g/mol. The fourth-order valence-electron chi connectivity index (χ4n) is 5.79. The van der Waals surface area contributed by atoms with Crippen molar-refractivity contribution in [3.05, 3.63) is 23.8 Å². The summed E-state index contributed by atoms with van der Waals surface area (Å²) in [6.07, 6.45) is 20.3. The minimum Gasteiger partial charge on any atom is -0.378 e. The smallest absolute Gasteiger partial charge is 0.122 e. The van der Waals surface area contributed by atoms with Crippen LogP contribution in [0.3, 0.4) is 0 Å². The molecule has 158 valence electrons. The Morgan fingerprint density at radius 2 is 2.21 bits per heavy atom. The molecule has 2 heteroatoms. The first-order chi connectivity index (χ1) is 13.4. The summed E-state index contributed by atoms with van der Waals surface area (Å²) in [5, 5.41) is 0. The molecule has 0 aromatic rings. The van der Waals surface area contributed by atoms with Gasteiger partial charge in [-0.1, -0.05) is 58.8 Å². The zero-order chi connectivity index (χ0) is 20.2. The first-order valence-electron chi connectivity index (χ1n) is 11.9. The van der Waals surface area contributed by atoms with E-state index in [2.05, 4.69) is 45.9 Å². The Hall–Kier alpha value is -0.890. The van der Waals surface area contributed by atoms with Gasteiger partial charge in [0.1, 0.15) is 6.29 Å². The Morgan fingerprint density at radius 3 is 2.96 bits per heavy atom. The van der Waals surface area contributed by atoms with Crippen LogP contribution in [0.25, 0.3) is 0 Å². The van der Waals surface area contributed by atoms with Crippen molar-refractivity contribution in [2.24, 2.45) is 28.6 Å². The van der Waals surface area contributed by atoms with E-state index in [0.29, 0.717) is 17.3 Å². The molecular formula is C26H42O2. The van der Waals surface area contributed by atoms with Crippen molar-refractivity contribution in [1.82, 2.24) is 0 Å². The summed E-state index contributed by atoms with van der Waals surface area (Å²) in [5.41, 5.74) is 2.52. The SMILES string of the molecule is CCC(C)(C)CCOC(CC=O)CCCC1CC12C(C)C=CC1=CCCCC12. The summed E-state index contributed by atoms with van der Waals surface area (Å²) >= 11 is 0. The summed E-state index contributed by atoms with van der Waals surface area (Å²) in [4.78, 5) is 11.1. The molecule has 0 aromatic heterocycles. The topological polar surface area (TPSA) is 26.3 Å². The third kappa shape index (κ3) is 4.81. The summed E-state index contributed by atoms with van der Waals surface area (Å²) < 4.78 is 6.11. The van der Waals surface area contributed by atoms with Gasteiger partial charge in [0.05, 0.1) is 6.10 Å². The highest BCUT2D eigenvalue weighted by Gasteiger charge is 2.61. The van der Waals surface area contributed by atoms with Crippen LogP contribution in [0.15, 0.2) is 23.8 Å². The highest BCUT2D eigenvalue weighted by Crippen LogP contribution is 2.69. The predicted octanol–water partition coefficient (Wildman–Crippen LogP) is 6.90. The minimum absolute atomic E-state index is 0.119. The molecule has 0 radical (unpaired) electrons. The second-order valence-electron chi connectivity index (χ2n) is 10.4. The normalized spacial score (nSPS) is 32.7. The highest BCUT2D eigenvalue weighted by molar-refractivity contribution is 5.50. The Kier molecular flexibility index (Phi) is 7.23. The largest absolute Gasteiger partial charge is 0.378 e. The first kappa shape index (κ1) is 21.8. The number of allylic oxidation sites excluding steroid dienone is 4. The summed E-state index contributed by atoms with van der Waals surface area (Å²) in [6, 6.07) is 0. The van der Waals surface area contributed by atoms with Gasteiger partial charge in [0.25, 0.3) is 0 Å². The third-order valence-electron chi connectivity index (χ3n) is 8.28. The van der Waals surface area contributed by atoms with E-state index in [9.17, 15) is 4.79 Å². The van der Waals surface area contributed by atoms with Crippen LogP contribution in [0.4, 0.5) is 0 Å². The number of hydrogen-bond donors (Lipinski definition) is 0. The number of rotatable bonds is 11. The quantitative estimate of drug-likeness (QED) is 0.361. The molecule has 1 saturated carbocycles. The summed E-state index contributed by atoms with van der Waals surface area (Å²) in [5.74, 6) is 2.40. The number of hydrogen-bond acceptors (Lipinski definition) is 2. The van der Waals surface area contributed by atoms with Gasteiger partial charge in [-0.25, -0.2) is 0 Å². The van der Waals surface area contributed by atoms with Gasteiger partial charge in [0.2, 0.25) is 0 Å². The summed E-state index contributed by atoms with van der Waals surface area (Å²) in [7, 11) is 0. The Bertz CT molecular complexity index is 587. The van der Waals surface area contributed by atoms with Crippen molar-refractivity contribution in [3.63, 3.8) is 0 Å².